The van der Waals surface area contributed by atoms with E-state index in [1.807, 2.05) is 0 Å². The number of halogens is 1. The fourth-order valence-electron chi connectivity index (χ4n) is 3.53. The summed E-state index contributed by atoms with van der Waals surface area (Å²) in [6, 6.07) is 13.8. The molecule has 2 aromatic rings. The van der Waals surface area contributed by atoms with Crippen LogP contribution in [0.15, 0.2) is 76.0 Å². The minimum atomic E-state index is -0.814. The Morgan fingerprint density at radius 1 is 0.788 bits per heavy atom. The summed E-state index contributed by atoms with van der Waals surface area (Å²) in [7, 11) is 5.19. The third kappa shape index (κ3) is 4.78. The molecule has 8 nitrogen and oxygen atoms in total. The number of nitrogens with zero attached hydrogens (tertiary/aromatic N) is 1. The first-order valence-corrected chi connectivity index (χ1v) is 10.6. The molecule has 1 aliphatic heterocycles. The van der Waals surface area contributed by atoms with Crippen molar-refractivity contribution in [1.82, 2.24) is 0 Å². The van der Waals surface area contributed by atoms with E-state index in [1.54, 1.807) is 54.6 Å². The van der Waals surface area contributed by atoms with E-state index >= 15 is 0 Å². The van der Waals surface area contributed by atoms with Crippen molar-refractivity contribution in [3.63, 3.8) is 0 Å². The minimum Gasteiger partial charge on any atom is -0.497 e. The van der Waals surface area contributed by atoms with Crippen molar-refractivity contribution in [2.45, 2.75) is 5.92 Å². The quantitative estimate of drug-likeness (QED) is 0.424. The van der Waals surface area contributed by atoms with Gasteiger partial charge >= 0.3 is 17.9 Å². The zero-order chi connectivity index (χ0) is 24.1. The SMILES string of the molecule is COC(=O)C1=CC(c2ccc(OC)cc2)C(C(=O)OC)=C(C(=O)OC)N1c1ccc(Br)cc1. The normalized spacial score (nSPS) is 15.5. The maximum Gasteiger partial charge on any atom is 0.355 e. The summed E-state index contributed by atoms with van der Waals surface area (Å²) in [6.45, 7) is 0. The van der Waals surface area contributed by atoms with E-state index in [4.69, 9.17) is 18.9 Å². The number of carbonyl (C=O) groups excluding carboxylic acids is 3. The molecule has 0 aliphatic carbocycles. The van der Waals surface area contributed by atoms with Crippen molar-refractivity contribution in [1.29, 1.82) is 0 Å². The highest BCUT2D eigenvalue weighted by Gasteiger charge is 2.41. The highest BCUT2D eigenvalue weighted by Crippen LogP contribution is 2.41. The molecule has 3 rings (SSSR count). The molecule has 33 heavy (non-hydrogen) atoms. The Bertz CT molecular complexity index is 1120. The number of hydrogen-bond donors (Lipinski definition) is 0. The lowest BCUT2D eigenvalue weighted by Gasteiger charge is -2.34. The van der Waals surface area contributed by atoms with Crippen molar-refractivity contribution < 1.29 is 33.3 Å². The standard InChI is InChI=1S/C24H22BrNO7/c1-30-17-11-5-14(6-12-17)18-13-19(22(27)31-2)26(16-9-7-15(25)8-10-16)21(24(29)33-4)20(18)23(28)32-3/h5-13,18H,1-4H3. The van der Waals surface area contributed by atoms with E-state index in [2.05, 4.69) is 15.9 Å². The van der Waals surface area contributed by atoms with Gasteiger partial charge < -0.3 is 18.9 Å². The summed E-state index contributed by atoms with van der Waals surface area (Å²) >= 11 is 3.37. The van der Waals surface area contributed by atoms with Crippen LogP contribution in [0.1, 0.15) is 11.5 Å². The van der Waals surface area contributed by atoms with E-state index in [-0.39, 0.29) is 17.0 Å². The maximum absolute atomic E-state index is 13.0. The van der Waals surface area contributed by atoms with E-state index in [1.165, 1.54) is 33.3 Å². The minimum absolute atomic E-state index is 0.0186. The molecule has 0 bridgehead atoms. The fraction of sp³-hybridized carbons (Fsp3) is 0.208. The molecule has 9 heteroatoms. The second-order valence-electron chi connectivity index (χ2n) is 6.85. The van der Waals surface area contributed by atoms with Crippen LogP contribution in [0.25, 0.3) is 0 Å². The number of methoxy groups -OCH3 is 4. The summed E-state index contributed by atoms with van der Waals surface area (Å²) in [6.07, 6.45) is 1.56. The van der Waals surface area contributed by atoms with E-state index in [0.717, 1.165) is 4.47 Å². The molecule has 0 N–H and O–H groups in total. The first kappa shape index (κ1) is 24.1. The molecule has 0 spiro atoms. The molecule has 0 saturated heterocycles. The summed E-state index contributed by atoms with van der Waals surface area (Å²) < 4.78 is 21.0. The lowest BCUT2D eigenvalue weighted by Crippen LogP contribution is -2.38. The Kier molecular flexibility index (Phi) is 7.55. The average Bonchev–Trinajstić information content (AvgIpc) is 2.86. The lowest BCUT2D eigenvalue weighted by molar-refractivity contribution is -0.140. The highest BCUT2D eigenvalue weighted by atomic mass is 79.9. The van der Waals surface area contributed by atoms with Gasteiger partial charge in [0.1, 0.15) is 17.1 Å². The summed E-state index contributed by atoms with van der Waals surface area (Å²) in [4.78, 5) is 40.2. The highest BCUT2D eigenvalue weighted by molar-refractivity contribution is 9.10. The molecule has 1 heterocycles. The monoisotopic (exact) mass is 515 g/mol. The molecule has 1 aliphatic rings. The van der Waals surface area contributed by atoms with Gasteiger partial charge in [0.2, 0.25) is 0 Å². The van der Waals surface area contributed by atoms with Crippen LogP contribution in [0.3, 0.4) is 0 Å². The van der Waals surface area contributed by atoms with Crippen LogP contribution in [0.4, 0.5) is 5.69 Å². The van der Waals surface area contributed by atoms with Gasteiger partial charge in [0.25, 0.3) is 0 Å². The van der Waals surface area contributed by atoms with Gasteiger partial charge in [-0.3, -0.25) is 4.90 Å². The van der Waals surface area contributed by atoms with Gasteiger partial charge in [-0.05, 0) is 48.0 Å². The second-order valence-corrected chi connectivity index (χ2v) is 7.77. The molecule has 1 unspecified atom stereocenters. The van der Waals surface area contributed by atoms with Crippen LogP contribution in [0, 0.1) is 0 Å². The molecule has 0 fully saturated rings. The smallest absolute Gasteiger partial charge is 0.355 e. The van der Waals surface area contributed by atoms with E-state index in [9.17, 15) is 14.4 Å². The third-order valence-electron chi connectivity index (χ3n) is 5.09. The molecule has 172 valence electrons. The van der Waals surface area contributed by atoms with Crippen LogP contribution < -0.4 is 9.64 Å². The van der Waals surface area contributed by atoms with Gasteiger partial charge in [-0.2, -0.15) is 0 Å². The fourth-order valence-corrected chi connectivity index (χ4v) is 3.80. The molecule has 0 aromatic heterocycles. The Morgan fingerprint density at radius 2 is 1.36 bits per heavy atom. The maximum atomic E-state index is 13.0. The number of benzene rings is 2. The number of anilines is 1. The van der Waals surface area contributed by atoms with Crippen LogP contribution in [-0.2, 0) is 28.6 Å². The predicted octanol–water partition coefficient (Wildman–Crippen LogP) is 3.72. The predicted molar refractivity (Wildman–Crippen MR) is 124 cm³/mol. The summed E-state index contributed by atoms with van der Waals surface area (Å²) in [5.74, 6) is -2.43. The lowest BCUT2D eigenvalue weighted by atomic mass is 9.85. The second kappa shape index (κ2) is 10.4. The van der Waals surface area contributed by atoms with Crippen molar-refractivity contribution >= 4 is 39.5 Å². The number of carbonyl (C=O) groups is 3. The molecule has 0 saturated carbocycles. The van der Waals surface area contributed by atoms with Crippen LogP contribution >= 0.6 is 15.9 Å². The number of esters is 3. The molecular formula is C24H22BrNO7. The van der Waals surface area contributed by atoms with Crippen LogP contribution in [0.5, 0.6) is 5.75 Å². The van der Waals surface area contributed by atoms with Gasteiger partial charge in [-0.15, -0.1) is 0 Å². The first-order valence-electron chi connectivity index (χ1n) is 9.76. The van der Waals surface area contributed by atoms with Crippen molar-refractivity contribution in [3.8, 4) is 5.75 Å². The van der Waals surface area contributed by atoms with Gasteiger partial charge in [-0.1, -0.05) is 28.1 Å². The van der Waals surface area contributed by atoms with E-state index in [0.29, 0.717) is 17.0 Å². The van der Waals surface area contributed by atoms with Crippen molar-refractivity contribution in [3.05, 3.63) is 81.6 Å². The number of allylic oxidation sites excluding steroid dienone is 1. The first-order chi connectivity index (χ1) is 15.9. The summed E-state index contributed by atoms with van der Waals surface area (Å²) in [5, 5.41) is 0. The summed E-state index contributed by atoms with van der Waals surface area (Å²) in [5.41, 5.74) is 1.01. The molecule has 2 aromatic carbocycles. The Labute approximate surface area is 199 Å². The molecule has 0 amide bonds. The van der Waals surface area contributed by atoms with E-state index < -0.39 is 23.8 Å². The zero-order valence-corrected chi connectivity index (χ0v) is 20.0. The van der Waals surface area contributed by atoms with Crippen molar-refractivity contribution in [2.24, 2.45) is 0 Å². The van der Waals surface area contributed by atoms with Gasteiger partial charge in [0, 0.05) is 16.1 Å². The Hall–Kier alpha value is -3.59. The molecule has 1 atom stereocenters. The number of rotatable bonds is 6. The molecular weight excluding hydrogens is 494 g/mol. The average molecular weight is 516 g/mol. The number of hydrogen-bond acceptors (Lipinski definition) is 8. The Balaban J connectivity index is 2.35. The molecule has 0 radical (unpaired) electrons. The largest absolute Gasteiger partial charge is 0.497 e. The zero-order valence-electron chi connectivity index (χ0n) is 18.5. The van der Waals surface area contributed by atoms with Crippen LogP contribution in [-0.4, -0.2) is 46.3 Å². The van der Waals surface area contributed by atoms with Gasteiger partial charge in [-0.25, -0.2) is 14.4 Å². The number of ether oxygens (including phenoxy) is 4. The van der Waals surface area contributed by atoms with Gasteiger partial charge in [0.05, 0.1) is 34.0 Å². The van der Waals surface area contributed by atoms with Gasteiger partial charge in [0.15, 0.2) is 0 Å². The van der Waals surface area contributed by atoms with Crippen molar-refractivity contribution in [2.75, 3.05) is 33.3 Å². The topological polar surface area (TPSA) is 91.4 Å². The third-order valence-corrected chi connectivity index (χ3v) is 5.62. The Morgan fingerprint density at radius 3 is 1.88 bits per heavy atom. The van der Waals surface area contributed by atoms with Crippen LogP contribution in [0.2, 0.25) is 0 Å².